The maximum Gasteiger partial charge on any atom is 0.246 e. The molecule has 1 aliphatic heterocycles. The Morgan fingerprint density at radius 2 is 2.23 bits per heavy atom. The summed E-state index contributed by atoms with van der Waals surface area (Å²) in [5, 5.41) is 4.26. The molecule has 9 heteroatoms. The number of thiophene rings is 1. The van der Waals surface area contributed by atoms with Crippen molar-refractivity contribution in [2.24, 2.45) is 0 Å². The Labute approximate surface area is 189 Å². The van der Waals surface area contributed by atoms with Gasteiger partial charge in [0, 0.05) is 29.7 Å². The number of nitrogens with zero attached hydrogens (tertiary/aromatic N) is 4. The van der Waals surface area contributed by atoms with Crippen molar-refractivity contribution in [3.05, 3.63) is 58.0 Å². The van der Waals surface area contributed by atoms with Gasteiger partial charge in [0.05, 0.1) is 17.0 Å². The molecule has 0 bridgehead atoms. The van der Waals surface area contributed by atoms with Gasteiger partial charge >= 0.3 is 0 Å². The quantitative estimate of drug-likeness (QED) is 0.564. The third-order valence-corrected chi connectivity index (χ3v) is 6.50. The van der Waals surface area contributed by atoms with Crippen LogP contribution in [0.15, 0.2) is 36.7 Å². The van der Waals surface area contributed by atoms with E-state index in [2.05, 4.69) is 15.3 Å². The van der Waals surface area contributed by atoms with Crippen LogP contribution in [0, 0.1) is 5.82 Å². The molecular weight excluding hydrogens is 437 g/mol. The fourth-order valence-electron chi connectivity index (χ4n) is 3.59. The highest BCUT2D eigenvalue weighted by molar-refractivity contribution is 7.19. The monoisotopic (exact) mass is 459 g/mol. The Morgan fingerprint density at radius 3 is 3.00 bits per heavy atom. The Balaban J connectivity index is 1.62. The van der Waals surface area contributed by atoms with Crippen molar-refractivity contribution in [1.82, 2.24) is 19.8 Å². The van der Waals surface area contributed by atoms with Gasteiger partial charge in [-0.1, -0.05) is 17.7 Å². The Hall–Kier alpha value is -2.55. The zero-order chi connectivity index (χ0) is 22.0. The zero-order valence-electron chi connectivity index (χ0n) is 17.4. The molecule has 31 heavy (non-hydrogen) atoms. The number of benzene rings is 1. The summed E-state index contributed by atoms with van der Waals surface area (Å²) in [6.45, 7) is 1.99. The Kier molecular flexibility index (Phi) is 6.50. The maximum absolute atomic E-state index is 13.5. The maximum atomic E-state index is 13.5. The third-order valence-electron chi connectivity index (χ3n) is 5.09. The topological polar surface area (TPSA) is 61.4 Å². The number of carbonyl (C=O) groups is 1. The van der Waals surface area contributed by atoms with Crippen LogP contribution in [0.25, 0.3) is 10.2 Å². The third kappa shape index (κ3) is 4.87. The number of amides is 1. The van der Waals surface area contributed by atoms with E-state index in [1.807, 2.05) is 30.0 Å². The number of fused-ring (bicyclic) bond motifs is 3. The minimum absolute atomic E-state index is 0.0255. The molecule has 1 N–H and O–H groups in total. The Morgan fingerprint density at radius 1 is 1.39 bits per heavy atom. The summed E-state index contributed by atoms with van der Waals surface area (Å²) in [6, 6.07) is 4.49. The smallest absolute Gasteiger partial charge is 0.246 e. The summed E-state index contributed by atoms with van der Waals surface area (Å²) in [4.78, 5) is 27.4. The van der Waals surface area contributed by atoms with E-state index in [0.29, 0.717) is 24.6 Å². The van der Waals surface area contributed by atoms with Crippen LogP contribution in [0.2, 0.25) is 5.02 Å². The first kappa shape index (κ1) is 21.7. The lowest BCUT2D eigenvalue weighted by atomic mass is 10.1. The first-order valence-electron chi connectivity index (χ1n) is 10.00. The van der Waals surface area contributed by atoms with Gasteiger partial charge in [-0.15, -0.1) is 11.3 Å². The molecule has 1 aliphatic rings. The van der Waals surface area contributed by atoms with Crippen molar-refractivity contribution >= 4 is 50.6 Å². The van der Waals surface area contributed by atoms with Crippen molar-refractivity contribution in [3.8, 4) is 0 Å². The molecule has 0 spiro atoms. The van der Waals surface area contributed by atoms with Gasteiger partial charge in [-0.2, -0.15) is 0 Å². The second kappa shape index (κ2) is 9.30. The van der Waals surface area contributed by atoms with E-state index in [1.54, 1.807) is 23.5 Å². The van der Waals surface area contributed by atoms with Crippen molar-refractivity contribution in [2.75, 3.05) is 32.5 Å². The van der Waals surface area contributed by atoms with Gasteiger partial charge in [-0.3, -0.25) is 4.79 Å². The highest BCUT2D eigenvalue weighted by atomic mass is 35.5. The normalized spacial score (nSPS) is 14.3. The van der Waals surface area contributed by atoms with Gasteiger partial charge in [-0.25, -0.2) is 14.4 Å². The molecule has 6 nitrogen and oxygen atoms in total. The van der Waals surface area contributed by atoms with Crippen LogP contribution >= 0.6 is 22.9 Å². The summed E-state index contributed by atoms with van der Waals surface area (Å²) in [5.41, 5.74) is 1.83. The number of aromatic nitrogens is 2. The van der Waals surface area contributed by atoms with E-state index in [1.165, 1.54) is 24.0 Å². The zero-order valence-corrected chi connectivity index (χ0v) is 18.9. The SMILES string of the molecule is CN(C)C/C=C/C(=O)N1CCCc2c(sc3ncnc(Nc4ccc(F)c(Cl)c4)c23)C1. The number of hydrogen-bond donors (Lipinski definition) is 1. The standard InChI is InChI=1S/C22H23ClFN5OS/c1-28(2)9-4-6-19(30)29-10-3-5-15-18(12-29)31-22-20(15)21(25-13-26-22)27-14-7-8-17(24)16(23)11-14/h4,6-8,11,13H,3,5,9-10,12H2,1-2H3,(H,25,26,27)/b6-4+. The van der Waals surface area contributed by atoms with E-state index in [9.17, 15) is 9.18 Å². The fourth-order valence-corrected chi connectivity index (χ4v) is 4.97. The molecule has 0 unspecified atom stereocenters. The Bertz CT molecular complexity index is 1150. The summed E-state index contributed by atoms with van der Waals surface area (Å²) in [5.74, 6) is 0.224. The molecule has 0 saturated carbocycles. The molecule has 4 rings (SSSR count). The molecule has 162 valence electrons. The minimum atomic E-state index is -0.464. The van der Waals surface area contributed by atoms with E-state index in [-0.39, 0.29) is 10.9 Å². The molecule has 0 radical (unpaired) electrons. The predicted octanol–water partition coefficient (Wildman–Crippen LogP) is 4.62. The summed E-state index contributed by atoms with van der Waals surface area (Å²) in [7, 11) is 3.94. The van der Waals surface area contributed by atoms with Crippen molar-refractivity contribution in [2.45, 2.75) is 19.4 Å². The second-order valence-electron chi connectivity index (χ2n) is 7.69. The van der Waals surface area contributed by atoms with Crippen LogP contribution < -0.4 is 5.32 Å². The predicted molar refractivity (Wildman–Crippen MR) is 124 cm³/mol. The van der Waals surface area contributed by atoms with E-state index >= 15 is 0 Å². The lowest BCUT2D eigenvalue weighted by Crippen LogP contribution is -2.29. The second-order valence-corrected chi connectivity index (χ2v) is 9.18. The van der Waals surface area contributed by atoms with Gasteiger partial charge in [0.25, 0.3) is 0 Å². The van der Waals surface area contributed by atoms with Crippen molar-refractivity contribution in [1.29, 1.82) is 0 Å². The number of anilines is 2. The molecule has 0 saturated heterocycles. The van der Waals surface area contributed by atoms with Crippen LogP contribution in [0.4, 0.5) is 15.9 Å². The van der Waals surface area contributed by atoms with Gasteiger partial charge in [0.15, 0.2) is 0 Å². The van der Waals surface area contributed by atoms with Gasteiger partial charge < -0.3 is 15.1 Å². The summed E-state index contributed by atoms with van der Waals surface area (Å²) in [6.07, 6.45) is 6.76. The number of likely N-dealkylation sites (N-methyl/N-ethyl adjacent to an activating group) is 1. The lowest BCUT2D eigenvalue weighted by molar-refractivity contribution is -0.126. The largest absolute Gasteiger partial charge is 0.340 e. The molecule has 3 heterocycles. The van der Waals surface area contributed by atoms with Gasteiger partial charge in [0.2, 0.25) is 5.91 Å². The van der Waals surface area contributed by atoms with E-state index < -0.39 is 5.82 Å². The number of halogens is 2. The molecule has 3 aromatic rings. The molecule has 2 aromatic heterocycles. The number of hydrogen-bond acceptors (Lipinski definition) is 6. The van der Waals surface area contributed by atoms with Crippen LogP contribution in [0.3, 0.4) is 0 Å². The molecule has 0 atom stereocenters. The number of aryl methyl sites for hydroxylation is 1. The van der Waals surface area contributed by atoms with Crippen molar-refractivity contribution in [3.63, 3.8) is 0 Å². The number of rotatable bonds is 5. The molecular formula is C22H23ClFN5OS. The van der Waals surface area contributed by atoms with E-state index in [4.69, 9.17) is 11.6 Å². The molecule has 0 fully saturated rings. The average Bonchev–Trinajstić information content (AvgIpc) is 2.94. The van der Waals surface area contributed by atoms with Crippen LogP contribution in [0.5, 0.6) is 0 Å². The average molecular weight is 460 g/mol. The summed E-state index contributed by atoms with van der Waals surface area (Å²) >= 11 is 7.51. The van der Waals surface area contributed by atoms with Crippen LogP contribution in [-0.4, -0.2) is 52.9 Å². The van der Waals surface area contributed by atoms with E-state index in [0.717, 1.165) is 34.5 Å². The summed E-state index contributed by atoms with van der Waals surface area (Å²) < 4.78 is 13.5. The first-order valence-corrected chi connectivity index (χ1v) is 11.2. The van der Waals surface area contributed by atoms with Gasteiger partial charge in [0.1, 0.15) is 22.8 Å². The fraction of sp³-hybridized carbons (Fsp3) is 0.318. The van der Waals surface area contributed by atoms with Gasteiger partial charge in [-0.05, 0) is 50.7 Å². The van der Waals surface area contributed by atoms with Crippen molar-refractivity contribution < 1.29 is 9.18 Å². The molecule has 1 amide bonds. The number of nitrogens with one attached hydrogen (secondary N) is 1. The molecule has 1 aromatic carbocycles. The highest BCUT2D eigenvalue weighted by Gasteiger charge is 2.24. The first-order chi connectivity index (χ1) is 14.9. The molecule has 0 aliphatic carbocycles. The van der Waals surface area contributed by atoms with Crippen LogP contribution in [0.1, 0.15) is 16.9 Å². The minimum Gasteiger partial charge on any atom is -0.340 e. The lowest BCUT2D eigenvalue weighted by Gasteiger charge is -2.18. The highest BCUT2D eigenvalue weighted by Crippen LogP contribution is 2.38. The number of carbonyl (C=O) groups excluding carboxylic acids is 1. The van der Waals surface area contributed by atoms with Crippen LogP contribution in [-0.2, 0) is 17.8 Å².